The number of aliphatic imine (C=N–C) groups is 1. The summed E-state index contributed by atoms with van der Waals surface area (Å²) in [7, 11) is 0. The van der Waals surface area contributed by atoms with Crippen molar-refractivity contribution in [3.05, 3.63) is 41.2 Å². The summed E-state index contributed by atoms with van der Waals surface area (Å²) in [4.78, 5) is 34.4. The number of tetrazole rings is 1. The van der Waals surface area contributed by atoms with Crippen LogP contribution in [0.1, 0.15) is 128 Å². The van der Waals surface area contributed by atoms with E-state index in [0.29, 0.717) is 23.7 Å². The summed E-state index contributed by atoms with van der Waals surface area (Å²) in [5.41, 5.74) is 2.07. The zero-order valence-corrected chi connectivity index (χ0v) is 25.4. The molecule has 2 aliphatic rings. The van der Waals surface area contributed by atoms with Crippen LogP contribution in [0.3, 0.4) is 0 Å². The number of nitrogens with zero attached hydrogens (tertiary/aromatic N) is 5. The number of amides is 2. The van der Waals surface area contributed by atoms with Crippen molar-refractivity contribution in [1.29, 1.82) is 0 Å². The van der Waals surface area contributed by atoms with E-state index in [9.17, 15) is 9.59 Å². The lowest BCUT2D eigenvalue weighted by Gasteiger charge is -2.47. The second-order valence-electron chi connectivity index (χ2n) is 13.9. The molecule has 40 heavy (non-hydrogen) atoms. The van der Waals surface area contributed by atoms with E-state index < -0.39 is 5.66 Å². The van der Waals surface area contributed by atoms with Crippen molar-refractivity contribution in [2.24, 2.45) is 21.7 Å². The van der Waals surface area contributed by atoms with E-state index in [0.717, 1.165) is 56.2 Å². The fourth-order valence-electron chi connectivity index (χ4n) is 6.25. The average Bonchev–Trinajstić information content (AvgIpc) is 3.49. The monoisotopic (exact) mass is 549 g/mol. The molecule has 1 aromatic heterocycles. The largest absolute Gasteiger partial charge is 0.345 e. The van der Waals surface area contributed by atoms with Gasteiger partial charge in [0.1, 0.15) is 11.4 Å². The molecule has 218 valence electrons. The molecule has 1 fully saturated rings. The third kappa shape index (κ3) is 6.78. The molecule has 1 saturated carbocycles. The van der Waals surface area contributed by atoms with Gasteiger partial charge in [0.25, 0.3) is 11.8 Å². The van der Waals surface area contributed by atoms with Gasteiger partial charge in [0.2, 0.25) is 0 Å². The number of hydrogen-bond acceptors (Lipinski definition) is 6. The van der Waals surface area contributed by atoms with Crippen LogP contribution in [0, 0.1) is 16.7 Å². The average molecular weight is 550 g/mol. The molecule has 0 radical (unpaired) electrons. The van der Waals surface area contributed by atoms with Crippen molar-refractivity contribution in [1.82, 2.24) is 30.8 Å². The van der Waals surface area contributed by atoms with Crippen LogP contribution in [0.15, 0.2) is 29.3 Å². The minimum Gasteiger partial charge on any atom is -0.345 e. The minimum atomic E-state index is -0.488. The molecule has 1 atom stereocenters. The first-order chi connectivity index (χ1) is 18.8. The number of aromatic amines is 1. The molecule has 2 N–H and O–H groups in total. The van der Waals surface area contributed by atoms with Crippen LogP contribution >= 0.6 is 0 Å². The zero-order chi connectivity index (χ0) is 29.1. The lowest BCUT2D eigenvalue weighted by molar-refractivity contribution is -0.134. The quantitative estimate of drug-likeness (QED) is 0.397. The summed E-state index contributed by atoms with van der Waals surface area (Å²) in [6.07, 6.45) is 7.53. The Hall–Kier alpha value is -3.10. The maximum absolute atomic E-state index is 14.2. The summed E-state index contributed by atoms with van der Waals surface area (Å²) in [5, 5.41) is 16.5. The number of rotatable bonds is 9. The molecule has 9 heteroatoms. The molecule has 2 amide bonds. The van der Waals surface area contributed by atoms with Gasteiger partial charge in [-0.15, -0.1) is 10.2 Å². The normalized spacial score (nSPS) is 22.5. The molecule has 1 aromatic carbocycles. The lowest BCUT2D eigenvalue weighted by atomic mass is 9.69. The predicted octanol–water partition coefficient (Wildman–Crippen LogP) is 6.01. The van der Waals surface area contributed by atoms with Crippen LogP contribution < -0.4 is 5.32 Å². The van der Waals surface area contributed by atoms with Crippen LogP contribution in [0.5, 0.6) is 0 Å². The Morgan fingerprint density at radius 1 is 1.12 bits per heavy atom. The van der Waals surface area contributed by atoms with Gasteiger partial charge in [0.15, 0.2) is 5.82 Å². The number of aromatic nitrogens is 4. The fraction of sp³-hybridized carbons (Fsp3) is 0.677. The van der Waals surface area contributed by atoms with E-state index in [1.807, 2.05) is 24.3 Å². The standard InChI is InChI=1S/C31H47N7O2/c1-8-9-10-25(21-11-13-22(14-12-21)27(39)32-20-26-34-36-37-35-26)38-28(40)24(19-29(2,3)4)33-31(38)17-15-23(16-18-31)30(5,6)7/h11-14,23,25H,8-10,15-20H2,1-7H3,(H,32,39)(H,34,35,36,37)/t23?,25-,31?/m1/s1. The first-order valence-corrected chi connectivity index (χ1v) is 14.9. The molecule has 0 bridgehead atoms. The van der Waals surface area contributed by atoms with Crippen molar-refractivity contribution in [2.45, 2.75) is 118 Å². The van der Waals surface area contributed by atoms with Gasteiger partial charge in [-0.1, -0.05) is 78.7 Å². The summed E-state index contributed by atoms with van der Waals surface area (Å²) in [5.74, 6) is 0.935. The van der Waals surface area contributed by atoms with E-state index in [2.05, 4.69) is 79.3 Å². The van der Waals surface area contributed by atoms with E-state index in [4.69, 9.17) is 4.99 Å². The molecule has 9 nitrogen and oxygen atoms in total. The smallest absolute Gasteiger partial charge is 0.270 e. The molecule has 1 aliphatic heterocycles. The highest BCUT2D eigenvalue weighted by Gasteiger charge is 2.52. The van der Waals surface area contributed by atoms with Crippen molar-refractivity contribution >= 4 is 17.5 Å². The first kappa shape index (κ1) is 29.9. The third-order valence-corrected chi connectivity index (χ3v) is 8.46. The van der Waals surface area contributed by atoms with Gasteiger partial charge in [-0.3, -0.25) is 14.6 Å². The highest BCUT2D eigenvalue weighted by molar-refractivity contribution is 6.40. The number of carbonyl (C=O) groups is 2. The summed E-state index contributed by atoms with van der Waals surface area (Å²) in [6.45, 7) is 15.9. The minimum absolute atomic E-state index is 0.0241. The van der Waals surface area contributed by atoms with Crippen LogP contribution in [0.4, 0.5) is 0 Å². The van der Waals surface area contributed by atoms with Crippen LogP contribution in [0.2, 0.25) is 0 Å². The molecule has 1 aliphatic carbocycles. The highest BCUT2D eigenvalue weighted by atomic mass is 16.2. The Labute approximate surface area is 239 Å². The Morgan fingerprint density at radius 3 is 2.35 bits per heavy atom. The first-order valence-electron chi connectivity index (χ1n) is 14.9. The lowest BCUT2D eigenvalue weighted by Crippen LogP contribution is -2.51. The fourth-order valence-corrected chi connectivity index (χ4v) is 6.25. The third-order valence-electron chi connectivity index (χ3n) is 8.46. The number of benzene rings is 1. The Morgan fingerprint density at radius 2 is 1.80 bits per heavy atom. The van der Waals surface area contributed by atoms with Gasteiger partial charge in [0.05, 0.1) is 12.6 Å². The molecule has 1 spiro atoms. The number of H-pyrrole nitrogens is 1. The molecule has 0 unspecified atom stereocenters. The van der Waals surface area contributed by atoms with Crippen LogP contribution in [-0.2, 0) is 11.3 Å². The van der Waals surface area contributed by atoms with Gasteiger partial charge >= 0.3 is 0 Å². The number of hydrogen-bond donors (Lipinski definition) is 2. The molecule has 4 rings (SSSR count). The van der Waals surface area contributed by atoms with E-state index in [-0.39, 0.29) is 35.2 Å². The number of nitrogens with one attached hydrogen (secondary N) is 2. The zero-order valence-electron chi connectivity index (χ0n) is 25.4. The van der Waals surface area contributed by atoms with Gasteiger partial charge < -0.3 is 10.2 Å². The molecule has 2 heterocycles. The maximum Gasteiger partial charge on any atom is 0.270 e. The van der Waals surface area contributed by atoms with Crippen LogP contribution in [0.25, 0.3) is 0 Å². The van der Waals surface area contributed by atoms with Gasteiger partial charge in [-0.05, 0) is 73.0 Å². The summed E-state index contributed by atoms with van der Waals surface area (Å²) in [6, 6.07) is 7.62. The van der Waals surface area contributed by atoms with E-state index in [1.165, 1.54) is 0 Å². The van der Waals surface area contributed by atoms with Gasteiger partial charge in [-0.2, -0.15) is 5.21 Å². The Kier molecular flexibility index (Phi) is 8.80. The predicted molar refractivity (Wildman–Crippen MR) is 157 cm³/mol. The SMILES string of the molecule is CCCC[C@H](c1ccc(C(=O)NCc2nn[nH]n2)cc1)N1C(=O)C(CC(C)(C)C)=NC12CCC(C(C)(C)C)CC2. The summed E-state index contributed by atoms with van der Waals surface area (Å²) >= 11 is 0. The van der Waals surface area contributed by atoms with Gasteiger partial charge in [0, 0.05) is 5.56 Å². The second kappa shape index (κ2) is 11.8. The molecular weight excluding hydrogens is 502 g/mol. The van der Waals surface area contributed by atoms with Crippen molar-refractivity contribution < 1.29 is 9.59 Å². The van der Waals surface area contributed by atoms with Crippen molar-refractivity contribution in [2.75, 3.05) is 0 Å². The Bertz CT molecular complexity index is 1180. The molecular formula is C31H47N7O2. The highest BCUT2D eigenvalue weighted by Crippen LogP contribution is 2.50. The number of carbonyl (C=O) groups excluding carboxylic acids is 2. The Balaban J connectivity index is 1.62. The van der Waals surface area contributed by atoms with E-state index in [1.54, 1.807) is 0 Å². The maximum atomic E-state index is 14.2. The number of unbranched alkanes of at least 4 members (excludes halogenated alkanes) is 1. The summed E-state index contributed by atoms with van der Waals surface area (Å²) < 4.78 is 0. The van der Waals surface area contributed by atoms with Crippen LogP contribution in [-0.4, -0.2) is 48.7 Å². The molecule has 2 aromatic rings. The van der Waals surface area contributed by atoms with Crippen molar-refractivity contribution in [3.8, 4) is 0 Å². The van der Waals surface area contributed by atoms with E-state index >= 15 is 0 Å². The second-order valence-corrected chi connectivity index (χ2v) is 13.9. The van der Waals surface area contributed by atoms with Gasteiger partial charge in [-0.25, -0.2) is 0 Å². The topological polar surface area (TPSA) is 116 Å². The molecule has 0 saturated heterocycles. The van der Waals surface area contributed by atoms with Crippen molar-refractivity contribution in [3.63, 3.8) is 0 Å².